The molecule has 1 aromatic rings. The molecule has 2 heterocycles. The molecule has 2 rings (SSSR count). The summed E-state index contributed by atoms with van der Waals surface area (Å²) in [5.41, 5.74) is 3.36. The number of aromatic nitrogens is 1. The lowest BCUT2D eigenvalue weighted by atomic mass is 9.99. The van der Waals surface area contributed by atoms with Crippen LogP contribution in [0.2, 0.25) is 0 Å². The van der Waals surface area contributed by atoms with E-state index in [2.05, 4.69) is 23.7 Å². The second-order valence-corrected chi connectivity index (χ2v) is 6.12. The predicted octanol–water partition coefficient (Wildman–Crippen LogP) is 3.16. The van der Waals surface area contributed by atoms with Gasteiger partial charge in [-0.15, -0.1) is 11.6 Å². The Hall–Kier alpha value is -0.800. The molecule has 0 radical (unpaired) electrons. The third-order valence-electron chi connectivity index (χ3n) is 4.01. The van der Waals surface area contributed by atoms with Gasteiger partial charge in [0.1, 0.15) is 5.75 Å². The number of likely N-dealkylation sites (tertiary alicyclic amines) is 1. The summed E-state index contributed by atoms with van der Waals surface area (Å²) < 4.78 is 5.46. The highest BCUT2D eigenvalue weighted by atomic mass is 35.5. The third kappa shape index (κ3) is 3.21. The number of alkyl halides is 1. The fourth-order valence-corrected chi connectivity index (χ4v) is 2.97. The van der Waals surface area contributed by atoms with E-state index in [0.29, 0.717) is 11.3 Å². The number of piperidine rings is 1. The van der Waals surface area contributed by atoms with Gasteiger partial charge in [0.25, 0.3) is 0 Å². The Bertz CT molecular complexity index is 450. The molecule has 2 unspecified atom stereocenters. The van der Waals surface area contributed by atoms with Crippen molar-refractivity contribution in [2.75, 3.05) is 20.2 Å². The SMILES string of the molecule is COc1c(C)cnc(CN2CCC(Cl)C(C)C2)c1C. The summed E-state index contributed by atoms with van der Waals surface area (Å²) >= 11 is 6.27. The summed E-state index contributed by atoms with van der Waals surface area (Å²) in [6.07, 6.45) is 2.96. The maximum atomic E-state index is 6.27. The average molecular weight is 283 g/mol. The van der Waals surface area contributed by atoms with Gasteiger partial charge in [0.2, 0.25) is 0 Å². The number of pyridine rings is 1. The van der Waals surface area contributed by atoms with Crippen molar-refractivity contribution >= 4 is 11.6 Å². The largest absolute Gasteiger partial charge is 0.496 e. The molecule has 0 aliphatic carbocycles. The minimum absolute atomic E-state index is 0.317. The van der Waals surface area contributed by atoms with Crippen LogP contribution in [0, 0.1) is 19.8 Å². The number of ether oxygens (including phenoxy) is 1. The summed E-state index contributed by atoms with van der Waals surface area (Å²) in [4.78, 5) is 7.01. The molecule has 2 atom stereocenters. The number of methoxy groups -OCH3 is 1. The Morgan fingerprint density at radius 2 is 2.21 bits per heavy atom. The molecule has 0 N–H and O–H groups in total. The number of aryl methyl sites for hydroxylation is 1. The molecule has 19 heavy (non-hydrogen) atoms. The van der Waals surface area contributed by atoms with Crippen LogP contribution in [0.3, 0.4) is 0 Å². The summed E-state index contributed by atoms with van der Waals surface area (Å²) in [6.45, 7) is 9.33. The second kappa shape index (κ2) is 6.10. The Morgan fingerprint density at radius 3 is 2.84 bits per heavy atom. The van der Waals surface area contributed by atoms with Crippen LogP contribution in [0.15, 0.2) is 6.20 Å². The lowest BCUT2D eigenvalue weighted by Gasteiger charge is -2.34. The Balaban J connectivity index is 2.11. The topological polar surface area (TPSA) is 25.4 Å². The Morgan fingerprint density at radius 1 is 1.47 bits per heavy atom. The van der Waals surface area contributed by atoms with E-state index in [4.69, 9.17) is 16.3 Å². The van der Waals surface area contributed by atoms with Crippen molar-refractivity contribution in [2.45, 2.75) is 39.1 Å². The van der Waals surface area contributed by atoms with Crippen molar-refractivity contribution in [1.29, 1.82) is 0 Å². The van der Waals surface area contributed by atoms with Crippen molar-refractivity contribution in [3.05, 3.63) is 23.0 Å². The van der Waals surface area contributed by atoms with Crippen LogP contribution in [-0.4, -0.2) is 35.5 Å². The molecule has 0 saturated carbocycles. The molecule has 1 fully saturated rings. The fourth-order valence-electron chi connectivity index (χ4n) is 2.79. The van der Waals surface area contributed by atoms with Crippen LogP contribution in [-0.2, 0) is 6.54 Å². The van der Waals surface area contributed by atoms with Gasteiger partial charge >= 0.3 is 0 Å². The van der Waals surface area contributed by atoms with E-state index < -0.39 is 0 Å². The van der Waals surface area contributed by atoms with E-state index in [1.165, 1.54) is 0 Å². The predicted molar refractivity (Wildman–Crippen MR) is 79.0 cm³/mol. The minimum atomic E-state index is 0.317. The smallest absolute Gasteiger partial charge is 0.128 e. The van der Waals surface area contributed by atoms with E-state index >= 15 is 0 Å². The molecule has 1 aliphatic heterocycles. The molecule has 0 spiro atoms. The lowest BCUT2D eigenvalue weighted by molar-refractivity contribution is 0.177. The van der Waals surface area contributed by atoms with Crippen LogP contribution < -0.4 is 4.74 Å². The zero-order chi connectivity index (χ0) is 14.0. The molecule has 0 amide bonds. The van der Waals surface area contributed by atoms with Crippen molar-refractivity contribution in [1.82, 2.24) is 9.88 Å². The average Bonchev–Trinajstić information content (AvgIpc) is 2.38. The van der Waals surface area contributed by atoms with E-state index in [0.717, 1.165) is 48.6 Å². The van der Waals surface area contributed by atoms with Crippen LogP contribution in [0.1, 0.15) is 30.2 Å². The molecule has 1 aromatic heterocycles. The number of rotatable bonds is 3. The van der Waals surface area contributed by atoms with Gasteiger partial charge in [-0.2, -0.15) is 0 Å². The highest BCUT2D eigenvalue weighted by Crippen LogP contribution is 2.27. The molecule has 0 aromatic carbocycles. The Kier molecular flexibility index (Phi) is 4.69. The molecular weight excluding hydrogens is 260 g/mol. The highest BCUT2D eigenvalue weighted by molar-refractivity contribution is 6.20. The standard InChI is InChI=1S/C15H23ClN2O/c1-10-7-17-14(12(3)15(10)19-4)9-18-6-5-13(16)11(2)8-18/h7,11,13H,5-6,8-9H2,1-4H3. The molecule has 0 bridgehead atoms. The fraction of sp³-hybridized carbons (Fsp3) is 0.667. The number of nitrogens with zero attached hydrogens (tertiary/aromatic N) is 2. The van der Waals surface area contributed by atoms with Gasteiger partial charge in [-0.1, -0.05) is 6.92 Å². The first-order valence-electron chi connectivity index (χ1n) is 6.88. The van der Waals surface area contributed by atoms with Crippen molar-refractivity contribution < 1.29 is 4.74 Å². The highest BCUT2D eigenvalue weighted by Gasteiger charge is 2.25. The normalized spacial score (nSPS) is 24.5. The molecule has 3 nitrogen and oxygen atoms in total. The third-order valence-corrected chi connectivity index (χ3v) is 4.66. The number of hydrogen-bond acceptors (Lipinski definition) is 3. The van der Waals surface area contributed by atoms with E-state index in [1.807, 2.05) is 13.1 Å². The van der Waals surface area contributed by atoms with Crippen LogP contribution in [0.25, 0.3) is 0 Å². The molecule has 106 valence electrons. The molecular formula is C15H23ClN2O. The first kappa shape index (κ1) is 14.6. The van der Waals surface area contributed by atoms with Crippen molar-refractivity contribution in [3.8, 4) is 5.75 Å². The summed E-state index contributed by atoms with van der Waals surface area (Å²) in [6, 6.07) is 0. The van der Waals surface area contributed by atoms with Crippen LogP contribution >= 0.6 is 11.6 Å². The van der Waals surface area contributed by atoms with E-state index in [-0.39, 0.29) is 0 Å². The maximum absolute atomic E-state index is 6.27. The molecule has 1 saturated heterocycles. The maximum Gasteiger partial charge on any atom is 0.128 e. The van der Waals surface area contributed by atoms with Gasteiger partial charge in [-0.05, 0) is 32.7 Å². The first-order chi connectivity index (χ1) is 9.02. The first-order valence-corrected chi connectivity index (χ1v) is 7.32. The summed E-state index contributed by atoms with van der Waals surface area (Å²) in [5.74, 6) is 1.51. The van der Waals surface area contributed by atoms with Crippen molar-refractivity contribution in [2.24, 2.45) is 5.92 Å². The summed E-state index contributed by atoms with van der Waals surface area (Å²) in [5, 5.41) is 0.317. The second-order valence-electron chi connectivity index (χ2n) is 5.56. The van der Waals surface area contributed by atoms with E-state index in [1.54, 1.807) is 7.11 Å². The minimum Gasteiger partial charge on any atom is -0.496 e. The van der Waals surface area contributed by atoms with Gasteiger partial charge < -0.3 is 4.74 Å². The monoisotopic (exact) mass is 282 g/mol. The summed E-state index contributed by atoms with van der Waals surface area (Å²) in [7, 11) is 1.72. The van der Waals surface area contributed by atoms with Gasteiger partial charge in [0.15, 0.2) is 0 Å². The zero-order valence-electron chi connectivity index (χ0n) is 12.2. The molecule has 1 aliphatic rings. The molecule has 4 heteroatoms. The number of hydrogen-bond donors (Lipinski definition) is 0. The van der Waals surface area contributed by atoms with Crippen molar-refractivity contribution in [3.63, 3.8) is 0 Å². The zero-order valence-corrected chi connectivity index (χ0v) is 13.0. The van der Waals surface area contributed by atoms with Gasteiger partial charge in [-0.3, -0.25) is 9.88 Å². The van der Waals surface area contributed by atoms with Gasteiger partial charge in [0, 0.05) is 35.8 Å². The van der Waals surface area contributed by atoms with Crippen LogP contribution in [0.5, 0.6) is 5.75 Å². The van der Waals surface area contributed by atoms with Crippen LogP contribution in [0.4, 0.5) is 0 Å². The number of halogens is 1. The van der Waals surface area contributed by atoms with Gasteiger partial charge in [0.05, 0.1) is 12.8 Å². The Labute approximate surface area is 120 Å². The van der Waals surface area contributed by atoms with E-state index in [9.17, 15) is 0 Å². The quantitative estimate of drug-likeness (QED) is 0.797. The van der Waals surface area contributed by atoms with Gasteiger partial charge in [-0.25, -0.2) is 0 Å². The lowest BCUT2D eigenvalue weighted by Crippen LogP contribution is -2.39.